The molecule has 1 saturated heterocycles. The summed E-state index contributed by atoms with van der Waals surface area (Å²) in [5.74, 6) is 0. The molecule has 0 unspecified atom stereocenters. The molecule has 0 aromatic carbocycles. The molecule has 1 fully saturated rings. The lowest BCUT2D eigenvalue weighted by molar-refractivity contribution is 0.238. The van der Waals surface area contributed by atoms with E-state index in [9.17, 15) is 0 Å². The van der Waals surface area contributed by atoms with Crippen LogP contribution in [0.15, 0.2) is 0 Å². The molecule has 0 spiro atoms. The highest BCUT2D eigenvalue weighted by Gasteiger charge is 2.03. The first-order valence-electron chi connectivity index (χ1n) is 2.66. The molecule has 0 radical (unpaired) electrons. The van der Waals surface area contributed by atoms with E-state index in [1.54, 1.807) is 0 Å². The molecular formula is C4H11NOSi. The van der Waals surface area contributed by atoms with Crippen LogP contribution in [0.4, 0.5) is 0 Å². The Morgan fingerprint density at radius 1 is 1.71 bits per heavy atom. The van der Waals surface area contributed by atoms with E-state index in [1.165, 1.54) is 13.0 Å². The fourth-order valence-corrected chi connectivity index (χ4v) is 1.72. The van der Waals surface area contributed by atoms with E-state index in [0.717, 1.165) is 6.61 Å². The van der Waals surface area contributed by atoms with E-state index in [1.807, 2.05) is 0 Å². The van der Waals surface area contributed by atoms with Crippen molar-refractivity contribution in [3.8, 4) is 0 Å². The fraction of sp³-hybridized carbons (Fsp3) is 1.00. The van der Waals surface area contributed by atoms with E-state index < -0.39 is 0 Å². The lowest BCUT2D eigenvalue weighted by Crippen LogP contribution is -2.32. The van der Waals surface area contributed by atoms with Gasteiger partial charge in [0.05, 0.1) is 0 Å². The van der Waals surface area contributed by atoms with Gasteiger partial charge in [-0.2, -0.15) is 0 Å². The van der Waals surface area contributed by atoms with Crippen LogP contribution in [0.5, 0.6) is 0 Å². The Morgan fingerprint density at radius 3 is 2.86 bits per heavy atom. The summed E-state index contributed by atoms with van der Waals surface area (Å²) < 4.78 is 7.56. The van der Waals surface area contributed by atoms with Crippen LogP contribution in [-0.2, 0) is 4.43 Å². The zero-order valence-corrected chi connectivity index (χ0v) is 6.10. The van der Waals surface area contributed by atoms with Crippen molar-refractivity contribution in [2.75, 3.05) is 20.2 Å². The summed E-state index contributed by atoms with van der Waals surface area (Å²) in [7, 11) is 1.90. The molecule has 2 nitrogen and oxygen atoms in total. The predicted molar refractivity (Wildman–Crippen MR) is 31.7 cm³/mol. The van der Waals surface area contributed by atoms with E-state index in [4.69, 9.17) is 4.43 Å². The average Bonchev–Trinajstić information content (AvgIpc) is 1.69. The van der Waals surface area contributed by atoms with E-state index >= 15 is 0 Å². The molecule has 1 aliphatic rings. The second-order valence-electron chi connectivity index (χ2n) is 1.97. The van der Waals surface area contributed by atoms with Gasteiger partial charge in [-0.25, -0.2) is 0 Å². The van der Waals surface area contributed by atoms with Crippen LogP contribution in [0.25, 0.3) is 0 Å². The van der Waals surface area contributed by atoms with Crippen LogP contribution in [0.3, 0.4) is 0 Å². The summed E-state index contributed by atoms with van der Waals surface area (Å²) in [5.41, 5.74) is 0. The third-order valence-electron chi connectivity index (χ3n) is 1.14. The highest BCUT2D eigenvalue weighted by Crippen LogP contribution is 1.92. The molecule has 1 rings (SSSR count). The molecular weight excluding hydrogens is 106 g/mol. The standard InChI is InChI=1S/C4H11NOSi/c1-5-3-2-4-6-7-5/h2-4,7H2,1H3. The van der Waals surface area contributed by atoms with Gasteiger partial charge in [-0.15, -0.1) is 0 Å². The summed E-state index contributed by atoms with van der Waals surface area (Å²) in [6.45, 7) is 2.27. The molecule has 0 N–H and O–H groups in total. The maximum atomic E-state index is 5.25. The monoisotopic (exact) mass is 117 g/mol. The van der Waals surface area contributed by atoms with Gasteiger partial charge < -0.3 is 8.99 Å². The quantitative estimate of drug-likeness (QED) is 0.390. The second-order valence-corrected chi connectivity index (χ2v) is 3.72. The van der Waals surface area contributed by atoms with Gasteiger partial charge in [0, 0.05) is 6.61 Å². The lowest BCUT2D eigenvalue weighted by Gasteiger charge is -2.20. The van der Waals surface area contributed by atoms with E-state index in [2.05, 4.69) is 11.6 Å². The molecule has 0 atom stereocenters. The van der Waals surface area contributed by atoms with Crippen LogP contribution in [-0.4, -0.2) is 34.7 Å². The molecule has 0 saturated carbocycles. The van der Waals surface area contributed by atoms with Gasteiger partial charge in [0.1, 0.15) is 0 Å². The van der Waals surface area contributed by atoms with Gasteiger partial charge in [-0.3, -0.25) is 0 Å². The first-order valence-corrected chi connectivity index (χ1v) is 3.87. The fourth-order valence-electron chi connectivity index (χ4n) is 0.721. The van der Waals surface area contributed by atoms with Gasteiger partial charge in [0.15, 0.2) is 0 Å². The molecule has 0 amide bonds. The van der Waals surface area contributed by atoms with Crippen molar-refractivity contribution in [2.24, 2.45) is 0 Å². The lowest BCUT2D eigenvalue weighted by atomic mass is 10.5. The van der Waals surface area contributed by atoms with Gasteiger partial charge in [0.25, 0.3) is 0 Å². The van der Waals surface area contributed by atoms with E-state index in [0.29, 0.717) is 0 Å². The van der Waals surface area contributed by atoms with Crippen molar-refractivity contribution in [3.05, 3.63) is 0 Å². The Hall–Kier alpha value is 0.137. The molecule has 7 heavy (non-hydrogen) atoms. The summed E-state index contributed by atoms with van der Waals surface area (Å²) in [6.07, 6.45) is 1.23. The molecule has 0 bridgehead atoms. The minimum atomic E-state index is -0.234. The Balaban J connectivity index is 2.12. The van der Waals surface area contributed by atoms with Gasteiger partial charge >= 0.3 is 0 Å². The Kier molecular flexibility index (Phi) is 1.84. The minimum absolute atomic E-state index is 0.234. The van der Waals surface area contributed by atoms with Crippen molar-refractivity contribution in [2.45, 2.75) is 6.42 Å². The van der Waals surface area contributed by atoms with Crippen LogP contribution in [0.1, 0.15) is 6.42 Å². The van der Waals surface area contributed by atoms with E-state index in [-0.39, 0.29) is 9.92 Å². The minimum Gasteiger partial charge on any atom is -0.408 e. The van der Waals surface area contributed by atoms with Crippen molar-refractivity contribution in [1.82, 2.24) is 4.57 Å². The highest BCUT2D eigenvalue weighted by molar-refractivity contribution is 6.23. The summed E-state index contributed by atoms with van der Waals surface area (Å²) >= 11 is 0. The maximum Gasteiger partial charge on any atom is 0.238 e. The van der Waals surface area contributed by atoms with Crippen LogP contribution in [0.2, 0.25) is 0 Å². The van der Waals surface area contributed by atoms with Crippen molar-refractivity contribution < 1.29 is 4.43 Å². The Bertz CT molecular complexity index is 53.7. The molecule has 42 valence electrons. The maximum absolute atomic E-state index is 5.25. The predicted octanol–water partition coefficient (Wildman–Crippen LogP) is -0.663. The number of hydrogen-bond donors (Lipinski definition) is 0. The van der Waals surface area contributed by atoms with Crippen LogP contribution >= 0.6 is 0 Å². The SMILES string of the molecule is CN1CCCO[SiH2]1. The Morgan fingerprint density at radius 2 is 2.57 bits per heavy atom. The largest absolute Gasteiger partial charge is 0.408 e. The summed E-state index contributed by atoms with van der Waals surface area (Å²) in [5, 5.41) is 0. The molecule has 0 aromatic heterocycles. The topological polar surface area (TPSA) is 12.5 Å². The number of rotatable bonds is 0. The first kappa shape index (κ1) is 5.28. The zero-order chi connectivity index (χ0) is 5.11. The Labute approximate surface area is 46.5 Å². The van der Waals surface area contributed by atoms with Gasteiger partial charge in [-0.1, -0.05) is 0 Å². The zero-order valence-electron chi connectivity index (χ0n) is 4.68. The first-order chi connectivity index (χ1) is 3.39. The number of nitrogens with zero attached hydrogens (tertiary/aromatic N) is 1. The number of hydrogen-bond acceptors (Lipinski definition) is 2. The highest BCUT2D eigenvalue weighted by atomic mass is 28.2. The van der Waals surface area contributed by atoms with Crippen molar-refractivity contribution in [1.29, 1.82) is 0 Å². The summed E-state index contributed by atoms with van der Waals surface area (Å²) in [4.78, 5) is 0. The van der Waals surface area contributed by atoms with Gasteiger partial charge in [-0.05, 0) is 20.0 Å². The molecule has 0 aromatic rings. The molecule has 1 aliphatic heterocycles. The molecule has 3 heteroatoms. The smallest absolute Gasteiger partial charge is 0.238 e. The van der Waals surface area contributed by atoms with Gasteiger partial charge in [0.2, 0.25) is 9.92 Å². The summed E-state index contributed by atoms with van der Waals surface area (Å²) in [6, 6.07) is 0. The normalized spacial score (nSPS) is 28.7. The second kappa shape index (κ2) is 2.45. The van der Waals surface area contributed by atoms with Crippen molar-refractivity contribution >= 4 is 9.92 Å². The molecule has 1 heterocycles. The average molecular weight is 117 g/mol. The van der Waals surface area contributed by atoms with Crippen molar-refractivity contribution in [3.63, 3.8) is 0 Å². The molecule has 0 aliphatic carbocycles. The third-order valence-corrected chi connectivity index (χ3v) is 2.37. The van der Waals surface area contributed by atoms with Crippen LogP contribution < -0.4 is 0 Å². The third kappa shape index (κ3) is 1.59. The van der Waals surface area contributed by atoms with Crippen LogP contribution in [0, 0.1) is 0 Å².